The summed E-state index contributed by atoms with van der Waals surface area (Å²) >= 11 is 0. The molecular formula is C15H24N6O5. The summed E-state index contributed by atoms with van der Waals surface area (Å²) in [7, 11) is 1.68. The lowest BCUT2D eigenvalue weighted by Crippen LogP contribution is -2.43. The zero-order chi connectivity index (χ0) is 19.3. The van der Waals surface area contributed by atoms with Gasteiger partial charge in [0.2, 0.25) is 5.96 Å². The minimum absolute atomic E-state index is 0.0399. The number of guanidine groups is 1. The Hall–Kier alpha value is -2.37. The number of likely N-dealkylation sites (N-methyl/N-ethyl adjacent to an activating group) is 1. The van der Waals surface area contributed by atoms with Gasteiger partial charge in [0.15, 0.2) is 11.9 Å². The topological polar surface area (TPSA) is 151 Å². The number of nitrogens with two attached hydrogens (primary N) is 1. The summed E-state index contributed by atoms with van der Waals surface area (Å²) in [5.41, 5.74) is 5.49. The van der Waals surface area contributed by atoms with Crippen LogP contribution in [0.4, 0.5) is 0 Å². The fraction of sp³-hybridized carbons (Fsp3) is 0.667. The highest BCUT2D eigenvalue weighted by atomic mass is 16.6. The standard InChI is InChI=1S/C15H24N6O5/c1-8(2)10(17-3)14(24)25-5-9(4-22)26-7-21-6-18-11-12(21)19-15(16)20-13(11)23/h6,8-11,17,22H,4-5,7H2,1-3H3,(H2,16,20,23)/t9?,10-,11?/m0/s1. The first kappa shape index (κ1) is 19.9. The molecule has 2 aliphatic heterocycles. The number of fused-ring (bicyclic) bond motifs is 1. The maximum Gasteiger partial charge on any atom is 0.323 e. The van der Waals surface area contributed by atoms with Crippen molar-refractivity contribution in [2.45, 2.75) is 32.0 Å². The second-order valence-electron chi connectivity index (χ2n) is 6.16. The van der Waals surface area contributed by atoms with Gasteiger partial charge in [-0.25, -0.2) is 0 Å². The number of hydrogen-bond acceptors (Lipinski definition) is 10. The van der Waals surface area contributed by atoms with Gasteiger partial charge in [-0.2, -0.15) is 9.98 Å². The number of amidine groups is 1. The summed E-state index contributed by atoms with van der Waals surface area (Å²) in [5, 5.41) is 12.3. The number of carbonyl (C=O) groups excluding carboxylic acids is 2. The first-order valence-corrected chi connectivity index (χ1v) is 8.20. The van der Waals surface area contributed by atoms with Crippen LogP contribution in [0, 0.1) is 5.92 Å². The molecule has 0 aromatic rings. The third-order valence-electron chi connectivity index (χ3n) is 3.88. The van der Waals surface area contributed by atoms with Crippen LogP contribution in [0.2, 0.25) is 0 Å². The van der Waals surface area contributed by atoms with Crippen LogP contribution in [0.25, 0.3) is 0 Å². The van der Waals surface area contributed by atoms with E-state index in [4.69, 9.17) is 15.2 Å². The summed E-state index contributed by atoms with van der Waals surface area (Å²) in [6.07, 6.45) is 0.660. The van der Waals surface area contributed by atoms with E-state index in [0.29, 0.717) is 5.84 Å². The van der Waals surface area contributed by atoms with Crippen LogP contribution >= 0.6 is 0 Å². The van der Waals surface area contributed by atoms with E-state index in [1.807, 2.05) is 13.8 Å². The molecule has 0 bridgehead atoms. The molecule has 0 spiro atoms. The van der Waals surface area contributed by atoms with Crippen LogP contribution in [0.15, 0.2) is 15.0 Å². The maximum absolute atomic E-state index is 12.0. The summed E-state index contributed by atoms with van der Waals surface area (Å²) in [6.45, 7) is 3.30. The number of aliphatic hydroxyl groups is 1. The van der Waals surface area contributed by atoms with Crippen molar-refractivity contribution >= 4 is 30.0 Å². The predicted octanol–water partition coefficient (Wildman–Crippen LogP) is -1.93. The van der Waals surface area contributed by atoms with Crippen molar-refractivity contribution in [1.29, 1.82) is 0 Å². The van der Waals surface area contributed by atoms with Gasteiger partial charge >= 0.3 is 5.97 Å². The Bertz CT molecular complexity index is 632. The molecule has 0 fully saturated rings. The summed E-state index contributed by atoms with van der Waals surface area (Å²) < 4.78 is 10.7. The Balaban J connectivity index is 1.86. The molecule has 144 valence electrons. The normalized spacial score (nSPS) is 21.3. The molecule has 0 radical (unpaired) electrons. The number of carbonyl (C=O) groups is 2. The highest BCUT2D eigenvalue weighted by Gasteiger charge is 2.35. The Labute approximate surface area is 151 Å². The fourth-order valence-corrected chi connectivity index (χ4v) is 2.47. The van der Waals surface area contributed by atoms with Gasteiger partial charge in [-0.05, 0) is 13.0 Å². The number of esters is 1. The zero-order valence-electron chi connectivity index (χ0n) is 15.0. The van der Waals surface area contributed by atoms with E-state index in [9.17, 15) is 14.7 Å². The van der Waals surface area contributed by atoms with E-state index in [0.717, 1.165) is 0 Å². The molecule has 4 N–H and O–H groups in total. The van der Waals surface area contributed by atoms with Crippen molar-refractivity contribution in [2.75, 3.05) is 27.0 Å². The number of nitrogens with zero attached hydrogens (tertiary/aromatic N) is 4. The molecule has 2 heterocycles. The van der Waals surface area contributed by atoms with Crippen LogP contribution in [0.1, 0.15) is 13.8 Å². The van der Waals surface area contributed by atoms with E-state index in [1.165, 1.54) is 11.2 Å². The SMILES string of the molecule is CN[C@H](C(=O)OCC(CO)OCN1C=NC2C(=O)N=C(N)N=C21)C(C)C. The lowest BCUT2D eigenvalue weighted by atomic mass is 10.1. The molecule has 0 aromatic carbocycles. The predicted molar refractivity (Wildman–Crippen MR) is 93.7 cm³/mol. The van der Waals surface area contributed by atoms with Crippen LogP contribution < -0.4 is 11.1 Å². The number of aliphatic hydroxyl groups excluding tert-OH is 1. The van der Waals surface area contributed by atoms with Gasteiger partial charge in [0.1, 0.15) is 25.5 Å². The first-order valence-electron chi connectivity index (χ1n) is 8.20. The largest absolute Gasteiger partial charge is 0.462 e. The van der Waals surface area contributed by atoms with Crippen LogP contribution in [-0.4, -0.2) is 85.2 Å². The molecule has 11 heteroatoms. The number of aliphatic imine (C=N–C) groups is 3. The molecule has 2 rings (SSSR count). The number of ether oxygens (including phenoxy) is 2. The average molecular weight is 368 g/mol. The Morgan fingerprint density at radius 1 is 1.46 bits per heavy atom. The van der Waals surface area contributed by atoms with Crippen molar-refractivity contribution in [1.82, 2.24) is 10.2 Å². The van der Waals surface area contributed by atoms with Crippen molar-refractivity contribution in [3.8, 4) is 0 Å². The van der Waals surface area contributed by atoms with E-state index in [2.05, 4.69) is 20.3 Å². The van der Waals surface area contributed by atoms with Crippen LogP contribution in [-0.2, 0) is 19.1 Å². The van der Waals surface area contributed by atoms with Crippen molar-refractivity contribution < 1.29 is 24.2 Å². The maximum atomic E-state index is 12.0. The smallest absolute Gasteiger partial charge is 0.323 e. The molecule has 0 saturated heterocycles. The summed E-state index contributed by atoms with van der Waals surface area (Å²) in [5.74, 6) is -0.681. The Kier molecular flexibility index (Phi) is 6.77. The van der Waals surface area contributed by atoms with Crippen molar-refractivity contribution in [3.05, 3.63) is 0 Å². The molecule has 1 amide bonds. The first-order chi connectivity index (χ1) is 12.4. The molecule has 2 unspecified atom stereocenters. The minimum atomic E-state index is -0.821. The van der Waals surface area contributed by atoms with Gasteiger partial charge < -0.3 is 25.6 Å². The Morgan fingerprint density at radius 2 is 2.19 bits per heavy atom. The molecule has 0 saturated carbocycles. The Morgan fingerprint density at radius 3 is 2.81 bits per heavy atom. The van der Waals surface area contributed by atoms with Gasteiger partial charge in [0.25, 0.3) is 5.91 Å². The second-order valence-corrected chi connectivity index (χ2v) is 6.16. The number of hydrogen-bond donors (Lipinski definition) is 3. The fourth-order valence-electron chi connectivity index (χ4n) is 2.47. The highest BCUT2D eigenvalue weighted by molar-refractivity contribution is 6.21. The van der Waals surface area contributed by atoms with Gasteiger partial charge in [-0.1, -0.05) is 13.8 Å². The molecule has 26 heavy (non-hydrogen) atoms. The van der Waals surface area contributed by atoms with Crippen molar-refractivity contribution in [3.63, 3.8) is 0 Å². The number of nitrogens with one attached hydrogen (secondary N) is 1. The van der Waals surface area contributed by atoms with Gasteiger partial charge in [0, 0.05) is 0 Å². The molecule has 0 aliphatic carbocycles. The third-order valence-corrected chi connectivity index (χ3v) is 3.88. The molecule has 11 nitrogen and oxygen atoms in total. The van der Waals surface area contributed by atoms with Gasteiger partial charge in [-0.3, -0.25) is 19.5 Å². The molecular weight excluding hydrogens is 344 g/mol. The van der Waals surface area contributed by atoms with E-state index in [-0.39, 0.29) is 31.8 Å². The van der Waals surface area contributed by atoms with E-state index in [1.54, 1.807) is 7.05 Å². The number of rotatable bonds is 9. The van der Waals surface area contributed by atoms with Gasteiger partial charge in [0.05, 0.1) is 12.9 Å². The lowest BCUT2D eigenvalue weighted by molar-refractivity contribution is -0.153. The minimum Gasteiger partial charge on any atom is -0.462 e. The second kappa shape index (κ2) is 8.83. The highest BCUT2D eigenvalue weighted by Crippen LogP contribution is 2.14. The molecule has 2 aliphatic rings. The monoisotopic (exact) mass is 368 g/mol. The lowest BCUT2D eigenvalue weighted by Gasteiger charge is -2.24. The average Bonchev–Trinajstić information content (AvgIpc) is 2.98. The molecule has 0 aromatic heterocycles. The summed E-state index contributed by atoms with van der Waals surface area (Å²) in [6, 6.07) is -1.26. The quantitative estimate of drug-likeness (QED) is 0.398. The molecule has 3 atom stereocenters. The zero-order valence-corrected chi connectivity index (χ0v) is 15.0. The van der Waals surface area contributed by atoms with Crippen molar-refractivity contribution in [2.24, 2.45) is 26.6 Å². The van der Waals surface area contributed by atoms with Gasteiger partial charge in [-0.15, -0.1) is 0 Å². The van der Waals surface area contributed by atoms with Crippen LogP contribution in [0.5, 0.6) is 0 Å². The van der Waals surface area contributed by atoms with E-state index >= 15 is 0 Å². The van der Waals surface area contributed by atoms with E-state index < -0.39 is 30.1 Å². The summed E-state index contributed by atoms with van der Waals surface area (Å²) in [4.78, 5) is 36.8. The number of amides is 1. The van der Waals surface area contributed by atoms with Crippen LogP contribution in [0.3, 0.4) is 0 Å². The third kappa shape index (κ3) is 4.62.